The fourth-order valence-electron chi connectivity index (χ4n) is 0. The number of nitrogens with one attached hydrogen (secondary N) is 4. The molecule has 0 aliphatic carbocycles. The van der Waals surface area contributed by atoms with Gasteiger partial charge in [-0.15, -0.1) is 21.0 Å². The monoisotopic (exact) mass is 956 g/mol. The van der Waals surface area contributed by atoms with E-state index in [2.05, 4.69) is 0 Å². The summed E-state index contributed by atoms with van der Waals surface area (Å²) in [7, 11) is -53.3. The van der Waals surface area contributed by atoms with E-state index in [0.29, 0.717) is 0 Å². The van der Waals surface area contributed by atoms with Crippen LogP contribution in [-0.2, 0) is 17.1 Å². The SMILES string of the molecule is CC#[NH+].CC#[NH+].CC#[NH+].CC#[NH+].F[P-](F)(F)(F)(F)F.F[P-](F)(F)(F)(F)F.F[P-](F)(F)(F)(F)F.F[P-](F)(F)(F)(F)F.F[P-](F)(F)(F)(F)F.[Cu+]. The molecule has 4 nitrogen and oxygen atoms in total. The van der Waals surface area contributed by atoms with Gasteiger partial charge in [0.15, 0.2) is 0 Å². The molecule has 0 amide bonds. The van der Waals surface area contributed by atoms with Gasteiger partial charge in [0.05, 0.1) is 27.7 Å². The van der Waals surface area contributed by atoms with Crippen molar-refractivity contribution in [3.8, 4) is 24.3 Å². The van der Waals surface area contributed by atoms with E-state index < -0.39 is 39.0 Å². The summed E-state index contributed by atoms with van der Waals surface area (Å²) in [6.45, 7) is 6.17. The molecule has 0 heterocycles. The van der Waals surface area contributed by atoms with E-state index in [1.165, 1.54) is 0 Å². The molecular formula is C8H16CuF30N4P5. The first-order valence-corrected chi connectivity index (χ1v) is 18.2. The van der Waals surface area contributed by atoms with Crippen LogP contribution in [-0.4, -0.2) is 0 Å². The number of hydrogen-bond donors (Lipinski definition) is 4. The average molecular weight is 957 g/mol. The molecule has 0 aromatic carbocycles. The summed E-state index contributed by atoms with van der Waals surface area (Å²) in [4.78, 5) is 0. The van der Waals surface area contributed by atoms with Crippen LogP contribution in [0.3, 0.4) is 0 Å². The molecule has 0 saturated carbocycles. The molecule has 48 heavy (non-hydrogen) atoms. The van der Waals surface area contributed by atoms with Crippen LogP contribution in [0, 0.1) is 24.3 Å². The summed E-state index contributed by atoms with van der Waals surface area (Å²) < 4.78 is 296. The molecule has 314 valence electrons. The van der Waals surface area contributed by atoms with E-state index in [0.717, 1.165) is 0 Å². The maximum Gasteiger partial charge on any atom is 1.00 e. The number of rotatable bonds is 0. The van der Waals surface area contributed by atoms with Crippen LogP contribution in [0.25, 0.3) is 0 Å². The maximum atomic E-state index is 9.87. The maximum absolute atomic E-state index is 10.7. The summed E-state index contributed by atoms with van der Waals surface area (Å²) in [5, 5.41) is 23.8. The predicted molar refractivity (Wildman–Crippen MR) is 110 cm³/mol. The second kappa shape index (κ2) is 15.0. The Bertz CT molecular complexity index is 837. The number of hydrogen-bond acceptors (Lipinski definition) is 0. The largest absolute Gasteiger partial charge is 1.00 e. The molecule has 0 aliphatic heterocycles. The normalized spacial score (nSPS) is 17.5. The fourth-order valence-corrected chi connectivity index (χ4v) is 0. The van der Waals surface area contributed by atoms with Gasteiger partial charge in [0, 0.05) is 0 Å². The summed E-state index contributed by atoms with van der Waals surface area (Å²) in [6, 6.07) is 8.00. The topological polar surface area (TPSA) is 95.2 Å². The molecule has 40 heteroatoms. The van der Waals surface area contributed by atoms with E-state index in [4.69, 9.17) is 21.0 Å². The van der Waals surface area contributed by atoms with Gasteiger partial charge in [0.25, 0.3) is 24.3 Å². The van der Waals surface area contributed by atoms with Crippen LogP contribution in [0.1, 0.15) is 27.7 Å². The van der Waals surface area contributed by atoms with Crippen LogP contribution in [0.15, 0.2) is 0 Å². The number of halogens is 30. The van der Waals surface area contributed by atoms with Crippen molar-refractivity contribution < 1.29 is 164 Å². The predicted octanol–water partition coefficient (Wildman–Crippen LogP) is 12.0. The molecule has 0 atom stereocenters. The standard InChI is InChI=1S/4C2H3N.Cu.5F6P/c4*1-2-3;;5*1-7(2,3,4,5)6/h4*1H3;;;;;;/q;;;;+1;5*-1/p+4. The van der Waals surface area contributed by atoms with Gasteiger partial charge in [-0.1, -0.05) is 0 Å². The van der Waals surface area contributed by atoms with E-state index in [-0.39, 0.29) is 17.1 Å². The molecule has 0 saturated heterocycles. The Morgan fingerprint density at radius 2 is 0.229 bits per heavy atom. The van der Waals surface area contributed by atoms with Gasteiger partial charge in [-0.05, 0) is 0 Å². The molecule has 0 spiro atoms. The summed E-state index contributed by atoms with van der Waals surface area (Å²) in [6.07, 6.45) is 0. The Morgan fingerprint density at radius 3 is 0.229 bits per heavy atom. The van der Waals surface area contributed by atoms with E-state index in [9.17, 15) is 126 Å². The first kappa shape index (κ1) is 72.3. The zero-order valence-electron chi connectivity index (χ0n) is 21.9. The molecule has 0 aromatic rings. The minimum Gasteiger partial charge on any atom is 1.00 e. The van der Waals surface area contributed by atoms with E-state index in [1.807, 2.05) is 24.3 Å². The van der Waals surface area contributed by atoms with Crippen molar-refractivity contribution in [2.45, 2.75) is 27.7 Å². The van der Waals surface area contributed by atoms with Gasteiger partial charge in [-0.25, -0.2) is 0 Å². The van der Waals surface area contributed by atoms with Gasteiger partial charge >= 0.3 is 182 Å². The Hall–Kier alpha value is -1.47. The molecule has 0 rings (SSSR count). The summed E-state index contributed by atoms with van der Waals surface area (Å²) in [5.41, 5.74) is 0. The molecule has 4 N–H and O–H groups in total. The van der Waals surface area contributed by atoms with Gasteiger partial charge in [-0.3, -0.25) is 0 Å². The van der Waals surface area contributed by atoms with Crippen molar-refractivity contribution >= 4 is 39.0 Å². The molecule has 0 bridgehead atoms. The Kier molecular flexibility index (Phi) is 22.6. The molecule has 0 fully saturated rings. The quantitative estimate of drug-likeness (QED) is 0.106. The third-order valence-electron chi connectivity index (χ3n) is 0. The van der Waals surface area contributed by atoms with Crippen molar-refractivity contribution in [3.05, 3.63) is 0 Å². The minimum atomic E-state index is -10.7. The van der Waals surface area contributed by atoms with Crippen LogP contribution in [0.2, 0.25) is 0 Å². The van der Waals surface area contributed by atoms with E-state index in [1.54, 1.807) is 27.7 Å². The third kappa shape index (κ3) is 39000. The third-order valence-corrected chi connectivity index (χ3v) is 0. The Morgan fingerprint density at radius 1 is 0.229 bits per heavy atom. The van der Waals surface area contributed by atoms with Crippen molar-refractivity contribution in [3.63, 3.8) is 0 Å². The molecular weight excluding hydrogens is 940 g/mol. The van der Waals surface area contributed by atoms with Gasteiger partial charge in [-0.2, -0.15) is 0 Å². The van der Waals surface area contributed by atoms with Crippen LogP contribution in [0.4, 0.5) is 126 Å². The van der Waals surface area contributed by atoms with Crippen molar-refractivity contribution in [1.82, 2.24) is 0 Å². The molecule has 0 aromatic heterocycles. The second-order valence-corrected chi connectivity index (χ2v) is 15.4. The van der Waals surface area contributed by atoms with Crippen molar-refractivity contribution in [2.75, 3.05) is 0 Å². The average Bonchev–Trinajstić information content (AvgIpc) is 2.31. The summed E-state index contributed by atoms with van der Waals surface area (Å²) in [5.74, 6) is 0. The first-order valence-electron chi connectivity index (χ1n) is 8.07. The minimum absolute atomic E-state index is 0. The van der Waals surface area contributed by atoms with Gasteiger partial charge < -0.3 is 0 Å². The fraction of sp³-hybridized carbons (Fsp3) is 0.500. The van der Waals surface area contributed by atoms with Crippen LogP contribution < -0.4 is 21.0 Å². The van der Waals surface area contributed by atoms with Gasteiger partial charge in [0.2, 0.25) is 0 Å². The first-order chi connectivity index (χ1) is 17.9. The Balaban J connectivity index is -0.0000000432. The van der Waals surface area contributed by atoms with Crippen molar-refractivity contribution in [1.29, 1.82) is 0 Å². The molecule has 0 radical (unpaired) electrons. The molecule has 0 unspecified atom stereocenters. The Labute approximate surface area is 255 Å². The van der Waals surface area contributed by atoms with E-state index >= 15 is 0 Å². The summed E-state index contributed by atoms with van der Waals surface area (Å²) >= 11 is 0. The van der Waals surface area contributed by atoms with Crippen LogP contribution >= 0.6 is 39.0 Å². The van der Waals surface area contributed by atoms with Gasteiger partial charge in [0.1, 0.15) is 0 Å². The molecule has 0 aliphatic rings. The van der Waals surface area contributed by atoms with Crippen LogP contribution in [0.5, 0.6) is 0 Å². The second-order valence-electron chi connectivity index (χ2n) is 5.79. The smallest absolute Gasteiger partial charge is 1.00 e. The van der Waals surface area contributed by atoms with Crippen molar-refractivity contribution in [2.24, 2.45) is 0 Å². The zero-order valence-corrected chi connectivity index (χ0v) is 27.3. The zero-order chi connectivity index (χ0) is 42.9.